The first-order valence-corrected chi connectivity index (χ1v) is 8.83. The van der Waals surface area contributed by atoms with Crippen LogP contribution in [0.4, 0.5) is 0 Å². The van der Waals surface area contributed by atoms with Gasteiger partial charge in [-0.25, -0.2) is 13.1 Å². The highest BCUT2D eigenvalue weighted by atomic mass is 32.2. The van der Waals surface area contributed by atoms with Crippen molar-refractivity contribution < 1.29 is 8.42 Å². The molecule has 0 atom stereocenters. The molecule has 0 aromatic heterocycles. The van der Waals surface area contributed by atoms with Crippen LogP contribution in [-0.2, 0) is 23.1 Å². The summed E-state index contributed by atoms with van der Waals surface area (Å²) in [5.74, 6) is 0. The number of hydrogen-bond acceptors (Lipinski definition) is 3. The van der Waals surface area contributed by atoms with E-state index < -0.39 is 10.0 Å². The average Bonchev–Trinajstić information content (AvgIpc) is 2.60. The lowest BCUT2D eigenvalue weighted by Gasteiger charge is -2.09. The second kappa shape index (κ2) is 6.50. The van der Waals surface area contributed by atoms with E-state index in [1.165, 1.54) is 0 Å². The summed E-state index contributed by atoms with van der Waals surface area (Å²) >= 11 is 0. The average molecular weight is 326 g/mol. The SMILES string of the molecule is NCc1cccc(CNS(=O)(=O)c2ccc3ccccc3c2)c1. The predicted molar refractivity (Wildman–Crippen MR) is 92.3 cm³/mol. The number of nitrogens with two attached hydrogens (primary N) is 1. The Morgan fingerprint density at radius 2 is 1.57 bits per heavy atom. The Labute approximate surface area is 136 Å². The molecule has 3 N–H and O–H groups in total. The number of sulfonamides is 1. The molecule has 3 aromatic carbocycles. The van der Waals surface area contributed by atoms with Gasteiger partial charge in [-0.15, -0.1) is 0 Å². The summed E-state index contributed by atoms with van der Waals surface area (Å²) in [6, 6.07) is 20.4. The van der Waals surface area contributed by atoms with Crippen LogP contribution in [0, 0.1) is 0 Å². The second-order valence-electron chi connectivity index (χ2n) is 5.36. The zero-order valence-electron chi connectivity index (χ0n) is 12.6. The van der Waals surface area contributed by atoms with Gasteiger partial charge in [0.1, 0.15) is 0 Å². The summed E-state index contributed by atoms with van der Waals surface area (Å²) in [5, 5.41) is 1.92. The minimum Gasteiger partial charge on any atom is -0.326 e. The van der Waals surface area contributed by atoms with Gasteiger partial charge in [0.25, 0.3) is 0 Å². The Morgan fingerprint density at radius 1 is 0.826 bits per heavy atom. The van der Waals surface area contributed by atoms with Gasteiger partial charge in [0.05, 0.1) is 4.90 Å². The molecule has 118 valence electrons. The molecule has 0 saturated carbocycles. The second-order valence-corrected chi connectivity index (χ2v) is 7.12. The van der Waals surface area contributed by atoms with E-state index in [1.807, 2.05) is 54.6 Å². The first kappa shape index (κ1) is 15.7. The lowest BCUT2D eigenvalue weighted by atomic mass is 10.1. The molecule has 5 heteroatoms. The highest BCUT2D eigenvalue weighted by Crippen LogP contribution is 2.19. The van der Waals surface area contributed by atoms with E-state index in [1.54, 1.807) is 12.1 Å². The Balaban J connectivity index is 1.82. The molecule has 23 heavy (non-hydrogen) atoms. The van der Waals surface area contributed by atoms with Crippen molar-refractivity contribution in [2.24, 2.45) is 5.73 Å². The van der Waals surface area contributed by atoms with E-state index in [9.17, 15) is 8.42 Å². The molecule has 0 fully saturated rings. The molecule has 4 nitrogen and oxygen atoms in total. The molecule has 0 aliphatic carbocycles. The third-order valence-electron chi connectivity index (χ3n) is 3.72. The van der Waals surface area contributed by atoms with Gasteiger partial charge < -0.3 is 5.73 Å². The quantitative estimate of drug-likeness (QED) is 0.757. The summed E-state index contributed by atoms with van der Waals surface area (Å²) < 4.78 is 27.6. The fraction of sp³-hybridized carbons (Fsp3) is 0.111. The zero-order valence-corrected chi connectivity index (χ0v) is 13.4. The Morgan fingerprint density at radius 3 is 2.35 bits per heavy atom. The molecule has 0 radical (unpaired) electrons. The highest BCUT2D eigenvalue weighted by Gasteiger charge is 2.14. The summed E-state index contributed by atoms with van der Waals surface area (Å²) in [5.41, 5.74) is 7.47. The molecule has 0 heterocycles. The maximum absolute atomic E-state index is 12.5. The third kappa shape index (κ3) is 3.59. The van der Waals surface area contributed by atoms with Crippen LogP contribution >= 0.6 is 0 Å². The van der Waals surface area contributed by atoms with Crippen LogP contribution in [0.2, 0.25) is 0 Å². The van der Waals surface area contributed by atoms with Gasteiger partial charge in [-0.2, -0.15) is 0 Å². The lowest BCUT2D eigenvalue weighted by molar-refractivity contribution is 0.581. The smallest absolute Gasteiger partial charge is 0.240 e. The Bertz CT molecular complexity index is 936. The predicted octanol–water partition coefficient (Wildman–Crippen LogP) is 2.78. The van der Waals surface area contributed by atoms with Gasteiger partial charge in [-0.05, 0) is 34.0 Å². The van der Waals surface area contributed by atoms with Gasteiger partial charge in [0.2, 0.25) is 10.0 Å². The van der Waals surface area contributed by atoms with Crippen LogP contribution in [0.15, 0.2) is 71.6 Å². The molecule has 0 amide bonds. The summed E-state index contributed by atoms with van der Waals surface area (Å²) in [6.45, 7) is 0.675. The number of fused-ring (bicyclic) bond motifs is 1. The molecular formula is C18H18N2O2S. The minimum atomic E-state index is -3.55. The molecule has 3 aromatic rings. The molecule has 0 aliphatic rings. The monoisotopic (exact) mass is 326 g/mol. The van der Waals surface area contributed by atoms with Crippen LogP contribution in [0.1, 0.15) is 11.1 Å². The van der Waals surface area contributed by atoms with Crippen molar-refractivity contribution in [1.82, 2.24) is 4.72 Å². The lowest BCUT2D eigenvalue weighted by Crippen LogP contribution is -2.23. The number of nitrogens with one attached hydrogen (secondary N) is 1. The van der Waals surface area contributed by atoms with Crippen molar-refractivity contribution >= 4 is 20.8 Å². The molecule has 0 spiro atoms. The van der Waals surface area contributed by atoms with Crippen molar-refractivity contribution in [3.63, 3.8) is 0 Å². The maximum atomic E-state index is 12.5. The van der Waals surface area contributed by atoms with E-state index in [0.29, 0.717) is 6.54 Å². The topological polar surface area (TPSA) is 72.2 Å². The van der Waals surface area contributed by atoms with Crippen LogP contribution in [-0.4, -0.2) is 8.42 Å². The van der Waals surface area contributed by atoms with E-state index in [-0.39, 0.29) is 11.4 Å². The van der Waals surface area contributed by atoms with Crippen LogP contribution in [0.25, 0.3) is 10.8 Å². The van der Waals surface area contributed by atoms with Crippen molar-refractivity contribution in [1.29, 1.82) is 0 Å². The fourth-order valence-electron chi connectivity index (χ4n) is 2.46. The molecule has 0 aliphatic heterocycles. The summed E-state index contributed by atoms with van der Waals surface area (Å²) in [6.07, 6.45) is 0. The minimum absolute atomic E-state index is 0.239. The molecule has 0 saturated heterocycles. The Kier molecular flexibility index (Phi) is 4.43. The van der Waals surface area contributed by atoms with E-state index >= 15 is 0 Å². The van der Waals surface area contributed by atoms with Crippen molar-refractivity contribution in [3.05, 3.63) is 77.9 Å². The highest BCUT2D eigenvalue weighted by molar-refractivity contribution is 7.89. The molecular weight excluding hydrogens is 308 g/mol. The Hall–Kier alpha value is -2.21. The zero-order chi connectivity index (χ0) is 16.3. The van der Waals surface area contributed by atoms with E-state index in [2.05, 4.69) is 4.72 Å². The van der Waals surface area contributed by atoms with Crippen molar-refractivity contribution in [2.45, 2.75) is 18.0 Å². The fourth-order valence-corrected chi connectivity index (χ4v) is 3.52. The maximum Gasteiger partial charge on any atom is 0.240 e. The van der Waals surface area contributed by atoms with Crippen LogP contribution in [0.3, 0.4) is 0 Å². The third-order valence-corrected chi connectivity index (χ3v) is 5.12. The van der Waals surface area contributed by atoms with Crippen molar-refractivity contribution in [3.8, 4) is 0 Å². The summed E-state index contributed by atoms with van der Waals surface area (Å²) in [7, 11) is -3.55. The summed E-state index contributed by atoms with van der Waals surface area (Å²) in [4.78, 5) is 0.270. The molecule has 3 rings (SSSR count). The van der Waals surface area contributed by atoms with Gasteiger partial charge in [-0.1, -0.05) is 54.6 Å². The van der Waals surface area contributed by atoms with E-state index in [4.69, 9.17) is 5.73 Å². The normalized spacial score (nSPS) is 11.7. The number of rotatable bonds is 5. The van der Waals surface area contributed by atoms with Crippen LogP contribution in [0.5, 0.6) is 0 Å². The first-order valence-electron chi connectivity index (χ1n) is 7.35. The first-order chi connectivity index (χ1) is 11.1. The van der Waals surface area contributed by atoms with Gasteiger partial charge in [0, 0.05) is 13.1 Å². The van der Waals surface area contributed by atoms with Crippen LogP contribution < -0.4 is 10.5 Å². The largest absolute Gasteiger partial charge is 0.326 e. The van der Waals surface area contributed by atoms with E-state index in [0.717, 1.165) is 21.9 Å². The van der Waals surface area contributed by atoms with Gasteiger partial charge in [0.15, 0.2) is 0 Å². The van der Waals surface area contributed by atoms with Gasteiger partial charge >= 0.3 is 0 Å². The standard InChI is InChI=1S/C18H18N2O2S/c19-12-14-4-3-5-15(10-14)13-20-23(21,22)18-9-8-16-6-1-2-7-17(16)11-18/h1-11,20H,12-13,19H2. The number of benzene rings is 3. The van der Waals surface area contributed by atoms with Crippen molar-refractivity contribution in [2.75, 3.05) is 0 Å². The molecule has 0 bridgehead atoms. The van der Waals surface area contributed by atoms with Gasteiger partial charge in [-0.3, -0.25) is 0 Å². The molecule has 0 unspecified atom stereocenters. The number of hydrogen-bond donors (Lipinski definition) is 2.